The number of imidazole rings is 1. The van der Waals surface area contributed by atoms with Gasteiger partial charge in [-0.05, 0) is 24.9 Å². The monoisotopic (exact) mass is 243 g/mol. The van der Waals surface area contributed by atoms with Gasteiger partial charge in [-0.3, -0.25) is 0 Å². The van der Waals surface area contributed by atoms with Crippen LogP contribution in [-0.2, 0) is 11.3 Å². The first kappa shape index (κ1) is 13.4. The van der Waals surface area contributed by atoms with Crippen molar-refractivity contribution >= 4 is 17.7 Å². The number of nitrogens with zero attached hydrogens (tertiary/aromatic N) is 2. The summed E-state index contributed by atoms with van der Waals surface area (Å²) >= 11 is 1.90. The number of nitrogens with one attached hydrogen (secondary N) is 1. The quantitative estimate of drug-likeness (QED) is 0.674. The van der Waals surface area contributed by atoms with Crippen molar-refractivity contribution < 1.29 is 4.74 Å². The molecule has 1 aromatic rings. The van der Waals surface area contributed by atoms with E-state index in [2.05, 4.69) is 21.1 Å². The van der Waals surface area contributed by atoms with E-state index >= 15 is 0 Å². The Morgan fingerprint density at radius 3 is 3.12 bits per heavy atom. The molecule has 0 spiro atoms. The molecule has 0 saturated carbocycles. The number of unbranched alkanes of at least 4 members (excludes halogenated alkanes) is 1. The summed E-state index contributed by atoms with van der Waals surface area (Å²) in [6.45, 7) is 2.55. The van der Waals surface area contributed by atoms with Crippen LogP contribution in [0.15, 0.2) is 12.4 Å². The van der Waals surface area contributed by atoms with Gasteiger partial charge in [0.1, 0.15) is 0 Å². The summed E-state index contributed by atoms with van der Waals surface area (Å²) in [6, 6.07) is 0. The van der Waals surface area contributed by atoms with Crippen LogP contribution < -0.4 is 5.32 Å². The van der Waals surface area contributed by atoms with E-state index in [1.165, 1.54) is 18.6 Å². The number of hydrogen-bond donors (Lipinski definition) is 1. The Balaban J connectivity index is 2.26. The van der Waals surface area contributed by atoms with Gasteiger partial charge < -0.3 is 14.6 Å². The second kappa shape index (κ2) is 8.47. The molecule has 0 unspecified atom stereocenters. The summed E-state index contributed by atoms with van der Waals surface area (Å²) in [4.78, 5) is 4.28. The number of thioether (sulfide) groups is 1. The average molecular weight is 243 g/mol. The van der Waals surface area contributed by atoms with Crippen LogP contribution in [0.3, 0.4) is 0 Å². The molecule has 0 aliphatic heterocycles. The van der Waals surface area contributed by atoms with E-state index in [-0.39, 0.29) is 0 Å². The Morgan fingerprint density at radius 1 is 1.50 bits per heavy atom. The minimum atomic E-state index is 0.708. The zero-order valence-electron chi connectivity index (χ0n) is 10.1. The zero-order chi connectivity index (χ0) is 11.6. The highest BCUT2D eigenvalue weighted by molar-refractivity contribution is 7.98. The summed E-state index contributed by atoms with van der Waals surface area (Å²) in [5.74, 6) is 2.18. The van der Waals surface area contributed by atoms with Crippen molar-refractivity contribution in [2.24, 2.45) is 0 Å². The molecule has 1 aromatic heterocycles. The molecule has 1 N–H and O–H groups in total. The topological polar surface area (TPSA) is 39.1 Å². The van der Waals surface area contributed by atoms with Gasteiger partial charge in [0.15, 0.2) is 0 Å². The molecule has 0 saturated heterocycles. The summed E-state index contributed by atoms with van der Waals surface area (Å²) in [5.41, 5.74) is 0. The van der Waals surface area contributed by atoms with Crippen LogP contribution in [0, 0.1) is 0 Å². The Morgan fingerprint density at radius 2 is 2.38 bits per heavy atom. The first-order valence-corrected chi connectivity index (χ1v) is 7.00. The normalized spacial score (nSPS) is 10.6. The van der Waals surface area contributed by atoms with E-state index in [0.29, 0.717) is 6.61 Å². The highest BCUT2D eigenvalue weighted by Gasteiger charge is 2.00. The Labute approximate surface area is 102 Å². The molecule has 92 valence electrons. The summed E-state index contributed by atoms with van der Waals surface area (Å²) in [7, 11) is 1.70. The molecule has 16 heavy (non-hydrogen) atoms. The number of ether oxygens (including phenoxy) is 1. The number of hydrogen-bond acceptors (Lipinski definition) is 4. The number of anilines is 1. The predicted molar refractivity (Wildman–Crippen MR) is 70.2 cm³/mol. The van der Waals surface area contributed by atoms with Crippen molar-refractivity contribution in [1.82, 2.24) is 9.55 Å². The average Bonchev–Trinajstić information content (AvgIpc) is 2.73. The van der Waals surface area contributed by atoms with Crippen LogP contribution in [0.25, 0.3) is 0 Å². The lowest BCUT2D eigenvalue weighted by molar-refractivity contribution is 0.210. The van der Waals surface area contributed by atoms with Crippen molar-refractivity contribution in [3.63, 3.8) is 0 Å². The summed E-state index contributed by atoms with van der Waals surface area (Å²) in [6.07, 6.45) is 8.47. The fourth-order valence-corrected chi connectivity index (χ4v) is 1.94. The highest BCUT2D eigenvalue weighted by Crippen LogP contribution is 2.07. The van der Waals surface area contributed by atoms with Gasteiger partial charge in [-0.25, -0.2) is 4.98 Å². The van der Waals surface area contributed by atoms with Gasteiger partial charge in [-0.15, -0.1) is 0 Å². The minimum absolute atomic E-state index is 0.708. The molecule has 0 atom stereocenters. The third kappa shape index (κ3) is 4.90. The second-order valence-corrected chi connectivity index (χ2v) is 4.55. The van der Waals surface area contributed by atoms with Crippen LogP contribution in [0.5, 0.6) is 0 Å². The smallest absolute Gasteiger partial charge is 0.202 e. The molecule has 1 rings (SSSR count). The highest BCUT2D eigenvalue weighted by atomic mass is 32.2. The molecule has 5 heteroatoms. The summed E-state index contributed by atoms with van der Waals surface area (Å²) in [5, 5.41) is 3.26. The van der Waals surface area contributed by atoms with E-state index in [1.807, 2.05) is 24.2 Å². The van der Waals surface area contributed by atoms with Crippen molar-refractivity contribution in [3.8, 4) is 0 Å². The van der Waals surface area contributed by atoms with Crippen LogP contribution in [0.2, 0.25) is 0 Å². The largest absolute Gasteiger partial charge is 0.383 e. The van der Waals surface area contributed by atoms with Gasteiger partial charge in [-0.1, -0.05) is 0 Å². The van der Waals surface area contributed by atoms with E-state index in [9.17, 15) is 0 Å². The zero-order valence-corrected chi connectivity index (χ0v) is 10.9. The van der Waals surface area contributed by atoms with Crippen molar-refractivity contribution in [2.45, 2.75) is 19.4 Å². The molecule has 0 radical (unpaired) electrons. The Bertz CT molecular complexity index is 278. The first-order chi connectivity index (χ1) is 7.88. The van der Waals surface area contributed by atoms with E-state index < -0.39 is 0 Å². The van der Waals surface area contributed by atoms with E-state index in [0.717, 1.165) is 19.0 Å². The SMILES string of the molecule is COCCNc1nccn1CCCCSC. The fraction of sp³-hybridized carbons (Fsp3) is 0.727. The third-order valence-corrected chi connectivity index (χ3v) is 3.00. The van der Waals surface area contributed by atoms with Crippen LogP contribution in [0.4, 0.5) is 5.95 Å². The molecule has 4 nitrogen and oxygen atoms in total. The molecular weight excluding hydrogens is 222 g/mol. The molecule has 0 aromatic carbocycles. The van der Waals surface area contributed by atoms with Crippen molar-refractivity contribution in [3.05, 3.63) is 12.4 Å². The number of methoxy groups -OCH3 is 1. The third-order valence-electron chi connectivity index (χ3n) is 2.30. The summed E-state index contributed by atoms with van der Waals surface area (Å²) < 4.78 is 7.15. The number of aromatic nitrogens is 2. The van der Waals surface area contributed by atoms with E-state index in [1.54, 1.807) is 7.11 Å². The lowest BCUT2D eigenvalue weighted by atomic mass is 10.3. The number of aryl methyl sites for hydroxylation is 1. The maximum Gasteiger partial charge on any atom is 0.202 e. The molecule has 0 aliphatic carbocycles. The molecule has 0 fully saturated rings. The van der Waals surface area contributed by atoms with Crippen molar-refractivity contribution in [1.29, 1.82) is 0 Å². The second-order valence-electron chi connectivity index (χ2n) is 3.56. The fourth-order valence-electron chi connectivity index (χ4n) is 1.45. The lowest BCUT2D eigenvalue weighted by Crippen LogP contribution is -2.12. The molecule has 0 aliphatic rings. The van der Waals surface area contributed by atoms with E-state index in [4.69, 9.17) is 4.74 Å². The van der Waals surface area contributed by atoms with Crippen LogP contribution >= 0.6 is 11.8 Å². The number of rotatable bonds is 9. The van der Waals surface area contributed by atoms with Crippen LogP contribution in [-0.4, -0.2) is 41.8 Å². The lowest BCUT2D eigenvalue weighted by Gasteiger charge is -2.09. The molecular formula is C11H21N3OS. The van der Waals surface area contributed by atoms with Gasteiger partial charge in [0.2, 0.25) is 5.95 Å². The van der Waals surface area contributed by atoms with Crippen LogP contribution in [0.1, 0.15) is 12.8 Å². The first-order valence-electron chi connectivity index (χ1n) is 5.61. The maximum atomic E-state index is 4.99. The van der Waals surface area contributed by atoms with Gasteiger partial charge >= 0.3 is 0 Å². The van der Waals surface area contributed by atoms with Gasteiger partial charge in [0.05, 0.1) is 6.61 Å². The Hall–Kier alpha value is -0.680. The van der Waals surface area contributed by atoms with Gasteiger partial charge in [0.25, 0.3) is 0 Å². The standard InChI is InChI=1S/C11H21N3OS/c1-15-9-6-13-11-12-5-8-14(11)7-3-4-10-16-2/h5,8H,3-4,6-7,9-10H2,1-2H3,(H,12,13). The predicted octanol–water partition coefficient (Wildman–Crippen LogP) is 2.08. The van der Waals surface area contributed by atoms with Gasteiger partial charge in [0, 0.05) is 32.6 Å². The maximum absolute atomic E-state index is 4.99. The molecule has 0 bridgehead atoms. The molecule has 1 heterocycles. The van der Waals surface area contributed by atoms with Gasteiger partial charge in [-0.2, -0.15) is 11.8 Å². The minimum Gasteiger partial charge on any atom is -0.383 e. The molecule has 0 amide bonds. The Kier molecular flexibility index (Phi) is 7.09. The van der Waals surface area contributed by atoms with Crippen molar-refractivity contribution in [2.75, 3.05) is 37.6 Å².